The number of carbonyl (C=O) groups is 2. The van der Waals surface area contributed by atoms with Crippen LogP contribution in [0.1, 0.15) is 23.2 Å². The SMILES string of the molecule is COc1ccc(NC(=O)C2CSCN2C(=O)c2ccc(OC)c(S(=O)(=O)NC3CC3)c2)cc1. The van der Waals surface area contributed by atoms with Gasteiger partial charge in [-0.3, -0.25) is 9.59 Å². The Morgan fingerprint density at radius 1 is 1.06 bits per heavy atom. The summed E-state index contributed by atoms with van der Waals surface area (Å²) in [6, 6.07) is 10.4. The smallest absolute Gasteiger partial charge is 0.255 e. The molecule has 2 N–H and O–H groups in total. The molecule has 176 valence electrons. The molecule has 0 spiro atoms. The summed E-state index contributed by atoms with van der Waals surface area (Å²) in [5.41, 5.74) is 0.769. The Morgan fingerprint density at radius 3 is 2.42 bits per heavy atom. The Hall–Kier alpha value is -2.76. The van der Waals surface area contributed by atoms with E-state index in [1.807, 2.05) is 0 Å². The van der Waals surface area contributed by atoms with Crippen molar-refractivity contribution in [3.05, 3.63) is 48.0 Å². The van der Waals surface area contributed by atoms with Crippen molar-refractivity contribution in [1.82, 2.24) is 9.62 Å². The van der Waals surface area contributed by atoms with Gasteiger partial charge in [0, 0.05) is 23.0 Å². The lowest BCUT2D eigenvalue weighted by atomic mass is 10.1. The van der Waals surface area contributed by atoms with Crippen LogP contribution < -0.4 is 19.5 Å². The van der Waals surface area contributed by atoms with Gasteiger partial charge in [-0.2, -0.15) is 0 Å². The third kappa shape index (κ3) is 5.26. The largest absolute Gasteiger partial charge is 0.497 e. The fourth-order valence-electron chi connectivity index (χ4n) is 3.43. The van der Waals surface area contributed by atoms with Gasteiger partial charge in [-0.25, -0.2) is 13.1 Å². The van der Waals surface area contributed by atoms with E-state index in [1.54, 1.807) is 31.4 Å². The van der Waals surface area contributed by atoms with E-state index in [2.05, 4.69) is 10.0 Å². The maximum atomic E-state index is 13.3. The number of ether oxygens (including phenoxy) is 2. The Bertz CT molecular complexity index is 1150. The van der Waals surface area contributed by atoms with E-state index in [-0.39, 0.29) is 28.2 Å². The Kier molecular flexibility index (Phi) is 6.82. The zero-order valence-electron chi connectivity index (χ0n) is 18.2. The number of nitrogens with one attached hydrogen (secondary N) is 2. The molecule has 2 fully saturated rings. The van der Waals surface area contributed by atoms with Crippen molar-refractivity contribution in [2.45, 2.75) is 29.8 Å². The quantitative estimate of drug-likeness (QED) is 0.582. The highest BCUT2D eigenvalue weighted by Crippen LogP contribution is 2.30. The van der Waals surface area contributed by atoms with Gasteiger partial charge < -0.3 is 19.7 Å². The molecule has 1 atom stereocenters. The minimum Gasteiger partial charge on any atom is -0.497 e. The summed E-state index contributed by atoms with van der Waals surface area (Å²) in [4.78, 5) is 27.5. The van der Waals surface area contributed by atoms with Crippen molar-refractivity contribution in [1.29, 1.82) is 0 Å². The molecule has 1 aliphatic heterocycles. The number of carbonyl (C=O) groups excluding carboxylic acids is 2. The molecule has 2 aliphatic rings. The fourth-order valence-corrected chi connectivity index (χ4v) is 6.08. The summed E-state index contributed by atoms with van der Waals surface area (Å²) in [5, 5.41) is 2.83. The van der Waals surface area contributed by atoms with E-state index in [1.165, 1.54) is 42.0 Å². The zero-order valence-corrected chi connectivity index (χ0v) is 19.9. The van der Waals surface area contributed by atoms with Crippen molar-refractivity contribution >= 4 is 39.3 Å². The van der Waals surface area contributed by atoms with E-state index in [0.29, 0.717) is 23.1 Å². The number of nitrogens with zero attached hydrogens (tertiary/aromatic N) is 1. The lowest BCUT2D eigenvalue weighted by Crippen LogP contribution is -2.44. The molecule has 1 unspecified atom stereocenters. The molecule has 0 bridgehead atoms. The number of rotatable bonds is 8. The summed E-state index contributed by atoms with van der Waals surface area (Å²) in [5.74, 6) is 0.870. The van der Waals surface area contributed by atoms with Crippen LogP contribution in [0.2, 0.25) is 0 Å². The Morgan fingerprint density at radius 2 is 1.79 bits per heavy atom. The first-order valence-electron chi connectivity index (χ1n) is 10.4. The number of amides is 2. The first kappa shape index (κ1) is 23.4. The molecule has 11 heteroatoms. The standard InChI is InChI=1S/C22H25N3O6S2/c1-30-17-8-6-15(7-9-17)23-21(26)18-12-32-13-25(18)22(27)14-3-10-19(31-2)20(11-14)33(28,29)24-16-4-5-16/h3,6-11,16,18,24H,4-5,12-13H2,1-2H3,(H,23,26). The molecule has 33 heavy (non-hydrogen) atoms. The monoisotopic (exact) mass is 491 g/mol. The highest BCUT2D eigenvalue weighted by molar-refractivity contribution is 7.99. The van der Waals surface area contributed by atoms with Crippen LogP contribution in [0.5, 0.6) is 11.5 Å². The number of benzene rings is 2. The number of methoxy groups -OCH3 is 2. The number of hydrogen-bond acceptors (Lipinski definition) is 7. The molecular formula is C22H25N3O6S2. The summed E-state index contributed by atoms with van der Waals surface area (Å²) >= 11 is 1.46. The zero-order chi connectivity index (χ0) is 23.6. The van der Waals surface area contributed by atoms with Gasteiger partial charge in [0.05, 0.1) is 20.1 Å². The van der Waals surface area contributed by atoms with E-state index >= 15 is 0 Å². The van der Waals surface area contributed by atoms with Crippen LogP contribution in [0, 0.1) is 0 Å². The van der Waals surface area contributed by atoms with Gasteiger partial charge in [0.25, 0.3) is 5.91 Å². The lowest BCUT2D eigenvalue weighted by molar-refractivity contribution is -0.119. The van der Waals surface area contributed by atoms with Crippen LogP contribution in [-0.2, 0) is 14.8 Å². The second-order valence-electron chi connectivity index (χ2n) is 7.77. The van der Waals surface area contributed by atoms with Gasteiger partial charge >= 0.3 is 0 Å². The second kappa shape index (κ2) is 9.62. The average molecular weight is 492 g/mol. The molecular weight excluding hydrogens is 466 g/mol. The highest BCUT2D eigenvalue weighted by Gasteiger charge is 2.36. The minimum absolute atomic E-state index is 0.0833. The molecule has 1 heterocycles. The van der Waals surface area contributed by atoms with E-state index in [0.717, 1.165) is 12.8 Å². The third-order valence-electron chi connectivity index (χ3n) is 5.40. The molecule has 2 amide bonds. The van der Waals surface area contributed by atoms with Gasteiger partial charge in [0.1, 0.15) is 22.4 Å². The summed E-state index contributed by atoms with van der Waals surface area (Å²) in [6.07, 6.45) is 1.58. The second-order valence-corrected chi connectivity index (χ2v) is 10.5. The van der Waals surface area contributed by atoms with Gasteiger partial charge in [0.2, 0.25) is 15.9 Å². The third-order valence-corrected chi connectivity index (χ3v) is 7.96. The first-order valence-corrected chi connectivity index (χ1v) is 13.0. The topological polar surface area (TPSA) is 114 Å². The summed E-state index contributed by atoms with van der Waals surface area (Å²) in [7, 11) is -0.897. The van der Waals surface area contributed by atoms with Crippen LogP contribution >= 0.6 is 11.8 Å². The van der Waals surface area contributed by atoms with E-state index in [4.69, 9.17) is 9.47 Å². The van der Waals surface area contributed by atoms with Gasteiger partial charge in [-0.15, -0.1) is 11.8 Å². The average Bonchev–Trinajstić information content (AvgIpc) is 3.48. The molecule has 4 rings (SSSR count). The Balaban J connectivity index is 1.53. The Labute approximate surface area is 196 Å². The van der Waals surface area contributed by atoms with Crippen molar-refractivity contribution < 1.29 is 27.5 Å². The molecule has 2 aromatic carbocycles. The predicted octanol–water partition coefficient (Wildman–Crippen LogP) is 2.30. The molecule has 0 radical (unpaired) electrons. The fraction of sp³-hybridized carbons (Fsp3) is 0.364. The van der Waals surface area contributed by atoms with Crippen LogP contribution in [0.3, 0.4) is 0 Å². The van der Waals surface area contributed by atoms with E-state index in [9.17, 15) is 18.0 Å². The van der Waals surface area contributed by atoms with Gasteiger partial charge in [0.15, 0.2) is 0 Å². The van der Waals surface area contributed by atoms with Crippen LogP contribution in [0.25, 0.3) is 0 Å². The maximum absolute atomic E-state index is 13.3. The minimum atomic E-state index is -3.84. The van der Waals surface area contributed by atoms with Crippen molar-refractivity contribution in [2.75, 3.05) is 31.2 Å². The first-order chi connectivity index (χ1) is 15.8. The van der Waals surface area contributed by atoms with Crippen LogP contribution in [-0.4, -0.2) is 63.1 Å². The number of hydrogen-bond donors (Lipinski definition) is 2. The van der Waals surface area contributed by atoms with Gasteiger partial charge in [-0.1, -0.05) is 0 Å². The van der Waals surface area contributed by atoms with Gasteiger partial charge in [-0.05, 0) is 55.3 Å². The van der Waals surface area contributed by atoms with Crippen molar-refractivity contribution in [2.24, 2.45) is 0 Å². The lowest BCUT2D eigenvalue weighted by Gasteiger charge is -2.23. The molecule has 0 aromatic heterocycles. The molecule has 1 saturated carbocycles. The molecule has 1 saturated heterocycles. The molecule has 2 aromatic rings. The predicted molar refractivity (Wildman–Crippen MR) is 125 cm³/mol. The van der Waals surface area contributed by atoms with Crippen LogP contribution in [0.4, 0.5) is 5.69 Å². The van der Waals surface area contributed by atoms with Crippen molar-refractivity contribution in [3.63, 3.8) is 0 Å². The maximum Gasteiger partial charge on any atom is 0.255 e. The summed E-state index contributed by atoms with van der Waals surface area (Å²) in [6.45, 7) is 0. The number of sulfonamides is 1. The molecule has 9 nitrogen and oxygen atoms in total. The number of thioether (sulfide) groups is 1. The van der Waals surface area contributed by atoms with Crippen molar-refractivity contribution in [3.8, 4) is 11.5 Å². The number of anilines is 1. The molecule has 1 aliphatic carbocycles. The van der Waals surface area contributed by atoms with Crippen LogP contribution in [0.15, 0.2) is 47.4 Å². The summed E-state index contributed by atoms with van der Waals surface area (Å²) < 4.78 is 38.5. The van der Waals surface area contributed by atoms with E-state index < -0.39 is 22.0 Å². The normalized spacial score (nSPS) is 18.1. The highest BCUT2D eigenvalue weighted by atomic mass is 32.2.